The largest absolute Gasteiger partial charge is 0.353 e. The SMILES string of the molecule is CCCCCC#C/C=C\C#C/C(C)=C/COC1CCCCO1. The Balaban J connectivity index is 2.17. The lowest BCUT2D eigenvalue weighted by Gasteiger charge is -2.21. The third kappa shape index (κ3) is 10.3. The van der Waals surface area contributed by atoms with E-state index in [9.17, 15) is 0 Å². The molecule has 2 nitrogen and oxygen atoms in total. The van der Waals surface area contributed by atoms with Crippen molar-refractivity contribution in [1.82, 2.24) is 0 Å². The van der Waals surface area contributed by atoms with Gasteiger partial charge in [-0.1, -0.05) is 43.4 Å². The van der Waals surface area contributed by atoms with Gasteiger partial charge in [-0.2, -0.15) is 0 Å². The summed E-state index contributed by atoms with van der Waals surface area (Å²) in [6.07, 6.45) is 13.6. The third-order valence-corrected chi connectivity index (χ3v) is 3.34. The maximum absolute atomic E-state index is 5.64. The zero-order chi connectivity index (χ0) is 15.9. The minimum atomic E-state index is -0.0337. The molecule has 0 bridgehead atoms. The summed E-state index contributed by atoms with van der Waals surface area (Å²) in [5.41, 5.74) is 1.01. The van der Waals surface area contributed by atoms with Crippen LogP contribution in [0.5, 0.6) is 0 Å². The van der Waals surface area contributed by atoms with E-state index < -0.39 is 0 Å². The molecule has 22 heavy (non-hydrogen) atoms. The summed E-state index contributed by atoms with van der Waals surface area (Å²) in [5.74, 6) is 12.2. The van der Waals surface area contributed by atoms with Gasteiger partial charge in [0.2, 0.25) is 0 Å². The second-order valence-electron chi connectivity index (χ2n) is 5.40. The van der Waals surface area contributed by atoms with Crippen molar-refractivity contribution in [1.29, 1.82) is 0 Å². The highest BCUT2D eigenvalue weighted by Gasteiger charge is 2.12. The second kappa shape index (κ2) is 13.2. The fourth-order valence-corrected chi connectivity index (χ4v) is 2.01. The van der Waals surface area contributed by atoms with Crippen molar-refractivity contribution < 1.29 is 9.47 Å². The quantitative estimate of drug-likeness (QED) is 0.526. The predicted octanol–water partition coefficient (Wildman–Crippen LogP) is 4.62. The first-order chi connectivity index (χ1) is 10.8. The molecule has 0 saturated carbocycles. The minimum Gasteiger partial charge on any atom is -0.353 e. The zero-order valence-electron chi connectivity index (χ0n) is 14.0. The Hall–Kier alpha value is -1.48. The maximum Gasteiger partial charge on any atom is 0.157 e. The Morgan fingerprint density at radius 3 is 2.86 bits per heavy atom. The Morgan fingerprint density at radius 2 is 2.09 bits per heavy atom. The number of unbranched alkanes of at least 4 members (excludes halogenated alkanes) is 3. The second-order valence-corrected chi connectivity index (χ2v) is 5.40. The fraction of sp³-hybridized carbons (Fsp3) is 0.600. The van der Waals surface area contributed by atoms with Crippen molar-refractivity contribution in [3.63, 3.8) is 0 Å². The van der Waals surface area contributed by atoms with E-state index in [4.69, 9.17) is 9.47 Å². The Labute approximate surface area is 136 Å². The molecule has 0 amide bonds. The normalized spacial score (nSPS) is 18.5. The molecular weight excluding hydrogens is 272 g/mol. The topological polar surface area (TPSA) is 18.5 Å². The summed E-state index contributed by atoms with van der Waals surface area (Å²) >= 11 is 0. The lowest BCUT2D eigenvalue weighted by atomic mass is 10.2. The van der Waals surface area contributed by atoms with E-state index in [0.717, 1.165) is 31.4 Å². The van der Waals surface area contributed by atoms with E-state index in [-0.39, 0.29) is 6.29 Å². The van der Waals surface area contributed by atoms with Gasteiger partial charge in [0.1, 0.15) is 0 Å². The smallest absolute Gasteiger partial charge is 0.157 e. The van der Waals surface area contributed by atoms with Crippen LogP contribution in [0.4, 0.5) is 0 Å². The van der Waals surface area contributed by atoms with Crippen LogP contribution in [0.15, 0.2) is 23.8 Å². The molecule has 1 aliphatic heterocycles. The van der Waals surface area contributed by atoms with Crippen molar-refractivity contribution in [2.75, 3.05) is 13.2 Å². The molecule has 1 unspecified atom stereocenters. The van der Waals surface area contributed by atoms with Crippen LogP contribution >= 0.6 is 0 Å². The van der Waals surface area contributed by atoms with Crippen LogP contribution in [0.2, 0.25) is 0 Å². The van der Waals surface area contributed by atoms with Gasteiger partial charge in [-0.05, 0) is 56.4 Å². The molecule has 0 N–H and O–H groups in total. The molecule has 0 aromatic rings. The highest BCUT2D eigenvalue weighted by atomic mass is 16.7. The molecule has 0 aromatic heterocycles. The summed E-state index contributed by atoms with van der Waals surface area (Å²) in [6.45, 7) is 5.57. The van der Waals surface area contributed by atoms with E-state index in [1.54, 1.807) is 6.08 Å². The summed E-state index contributed by atoms with van der Waals surface area (Å²) in [4.78, 5) is 0. The molecule has 120 valence electrons. The molecule has 2 heteroatoms. The third-order valence-electron chi connectivity index (χ3n) is 3.34. The van der Waals surface area contributed by atoms with Crippen molar-refractivity contribution in [3.8, 4) is 23.7 Å². The van der Waals surface area contributed by atoms with Gasteiger partial charge >= 0.3 is 0 Å². The van der Waals surface area contributed by atoms with Crippen LogP contribution in [0.3, 0.4) is 0 Å². The van der Waals surface area contributed by atoms with Gasteiger partial charge in [0.05, 0.1) is 6.61 Å². The van der Waals surface area contributed by atoms with E-state index in [1.165, 1.54) is 25.7 Å². The minimum absolute atomic E-state index is 0.0337. The summed E-state index contributed by atoms with van der Waals surface area (Å²) in [7, 11) is 0. The molecule has 1 fully saturated rings. The highest BCUT2D eigenvalue weighted by Crippen LogP contribution is 2.13. The number of rotatable bonds is 6. The van der Waals surface area contributed by atoms with Crippen LogP contribution in [0.25, 0.3) is 0 Å². The number of hydrogen-bond donors (Lipinski definition) is 0. The maximum atomic E-state index is 5.64. The molecule has 0 spiro atoms. The van der Waals surface area contributed by atoms with E-state index in [2.05, 4.69) is 30.6 Å². The van der Waals surface area contributed by atoms with Crippen molar-refractivity contribution in [2.24, 2.45) is 0 Å². The number of hydrogen-bond acceptors (Lipinski definition) is 2. The van der Waals surface area contributed by atoms with Gasteiger partial charge in [-0.15, -0.1) is 0 Å². The summed E-state index contributed by atoms with van der Waals surface area (Å²) < 4.78 is 11.1. The van der Waals surface area contributed by atoms with Gasteiger partial charge in [-0.3, -0.25) is 0 Å². The Bertz CT molecular complexity index is 459. The van der Waals surface area contributed by atoms with Crippen molar-refractivity contribution in [3.05, 3.63) is 23.8 Å². The van der Waals surface area contributed by atoms with Gasteiger partial charge < -0.3 is 9.47 Å². The predicted molar refractivity (Wildman–Crippen MR) is 92.1 cm³/mol. The van der Waals surface area contributed by atoms with Crippen LogP contribution < -0.4 is 0 Å². The van der Waals surface area contributed by atoms with Gasteiger partial charge in [0, 0.05) is 13.0 Å². The lowest BCUT2D eigenvalue weighted by Crippen LogP contribution is -2.22. The molecular formula is C20H28O2. The summed E-state index contributed by atoms with van der Waals surface area (Å²) in [5, 5.41) is 0. The van der Waals surface area contributed by atoms with Crippen LogP contribution in [0, 0.1) is 23.7 Å². The monoisotopic (exact) mass is 300 g/mol. The highest BCUT2D eigenvalue weighted by molar-refractivity contribution is 5.33. The van der Waals surface area contributed by atoms with E-state index >= 15 is 0 Å². The Morgan fingerprint density at radius 1 is 1.23 bits per heavy atom. The molecule has 0 radical (unpaired) electrons. The molecule has 1 rings (SSSR count). The molecule has 1 atom stereocenters. The molecule has 0 aromatic carbocycles. The zero-order valence-corrected chi connectivity index (χ0v) is 14.0. The molecule has 0 aliphatic carbocycles. The van der Waals surface area contributed by atoms with Gasteiger partial charge in [0.25, 0.3) is 0 Å². The first-order valence-electron chi connectivity index (χ1n) is 8.38. The Kier molecular flexibility index (Phi) is 11.1. The van der Waals surface area contributed by atoms with Crippen molar-refractivity contribution in [2.45, 2.75) is 65.1 Å². The van der Waals surface area contributed by atoms with Crippen molar-refractivity contribution >= 4 is 0 Å². The van der Waals surface area contributed by atoms with Gasteiger partial charge in [0.15, 0.2) is 6.29 Å². The number of ether oxygens (including phenoxy) is 2. The fourth-order valence-electron chi connectivity index (χ4n) is 2.01. The first-order valence-corrected chi connectivity index (χ1v) is 8.38. The average molecular weight is 300 g/mol. The van der Waals surface area contributed by atoms with Crippen LogP contribution in [-0.4, -0.2) is 19.5 Å². The summed E-state index contributed by atoms with van der Waals surface area (Å²) in [6, 6.07) is 0. The molecule has 1 saturated heterocycles. The van der Waals surface area contributed by atoms with Gasteiger partial charge in [-0.25, -0.2) is 0 Å². The lowest BCUT2D eigenvalue weighted by molar-refractivity contribution is -0.155. The van der Waals surface area contributed by atoms with E-state index in [0.29, 0.717) is 6.61 Å². The average Bonchev–Trinajstić information content (AvgIpc) is 2.54. The standard InChI is InChI=1S/C20H28O2/c1-3-4-5-6-7-8-9-10-11-14-19(2)16-18-22-20-15-12-13-17-21-20/h9-10,16,20H,3-6,12-13,15,17-18H2,1-2H3/b10-9-,19-16+. The number of allylic oxidation sites excluding steroid dienone is 3. The first kappa shape index (κ1) is 18.6. The molecule has 1 aliphatic rings. The van der Waals surface area contributed by atoms with E-state index in [1.807, 2.05) is 19.1 Å². The van der Waals surface area contributed by atoms with Crippen LogP contribution in [-0.2, 0) is 9.47 Å². The molecule has 1 heterocycles. The van der Waals surface area contributed by atoms with Crippen LogP contribution in [0.1, 0.15) is 58.8 Å².